The van der Waals surface area contributed by atoms with Crippen LogP contribution in [-0.4, -0.2) is 33.8 Å². The van der Waals surface area contributed by atoms with Gasteiger partial charge in [-0.2, -0.15) is 5.10 Å². The predicted octanol–water partition coefficient (Wildman–Crippen LogP) is 1.42. The zero-order valence-electron chi connectivity index (χ0n) is 12.8. The minimum absolute atomic E-state index is 0.0560. The lowest BCUT2D eigenvalue weighted by Crippen LogP contribution is -2.22. The van der Waals surface area contributed by atoms with Gasteiger partial charge in [0.05, 0.1) is 24.3 Å². The third-order valence-electron chi connectivity index (χ3n) is 3.92. The van der Waals surface area contributed by atoms with E-state index in [1.807, 2.05) is 29.1 Å². The van der Waals surface area contributed by atoms with Gasteiger partial charge in [-0.15, -0.1) is 0 Å². The van der Waals surface area contributed by atoms with Gasteiger partial charge in [0.1, 0.15) is 5.69 Å². The number of nitrogens with two attached hydrogens (primary N) is 2. The van der Waals surface area contributed by atoms with Crippen LogP contribution >= 0.6 is 11.8 Å². The summed E-state index contributed by atoms with van der Waals surface area (Å²) in [5.41, 5.74) is 14.8. The summed E-state index contributed by atoms with van der Waals surface area (Å²) in [6.45, 7) is 1.09. The van der Waals surface area contributed by atoms with Gasteiger partial charge in [-0.1, -0.05) is 11.8 Å². The van der Waals surface area contributed by atoms with Gasteiger partial charge in [-0.05, 0) is 18.2 Å². The summed E-state index contributed by atoms with van der Waals surface area (Å²) in [6.07, 6.45) is 3.58. The molecule has 1 aliphatic rings. The number of pyridine rings is 1. The van der Waals surface area contributed by atoms with Gasteiger partial charge in [0.25, 0.3) is 0 Å². The number of hydrogen-bond donors (Lipinski definition) is 3. The average molecular weight is 340 g/mol. The van der Waals surface area contributed by atoms with E-state index in [0.29, 0.717) is 13.1 Å². The van der Waals surface area contributed by atoms with E-state index in [2.05, 4.69) is 10.3 Å². The largest absolute Gasteiger partial charge is 0.329 e. The van der Waals surface area contributed by atoms with Crippen LogP contribution in [0.25, 0.3) is 22.2 Å². The van der Waals surface area contributed by atoms with Crippen LogP contribution in [0.1, 0.15) is 0 Å². The van der Waals surface area contributed by atoms with Crippen molar-refractivity contribution in [2.45, 2.75) is 16.3 Å². The Balaban J connectivity index is 1.98. The van der Waals surface area contributed by atoms with Crippen molar-refractivity contribution in [1.82, 2.24) is 14.8 Å². The van der Waals surface area contributed by atoms with Crippen LogP contribution in [0.15, 0.2) is 40.4 Å². The van der Waals surface area contributed by atoms with Gasteiger partial charge in [0.2, 0.25) is 5.91 Å². The molecule has 0 unspecified atom stereocenters. The van der Waals surface area contributed by atoms with E-state index in [0.717, 1.165) is 37.6 Å². The van der Waals surface area contributed by atoms with Gasteiger partial charge in [0.15, 0.2) is 0 Å². The molecule has 2 aromatic heterocycles. The minimum Gasteiger partial charge on any atom is -0.329 e. The van der Waals surface area contributed by atoms with Crippen LogP contribution in [0, 0.1) is 0 Å². The number of aromatic nitrogens is 3. The first-order valence-corrected chi connectivity index (χ1v) is 8.40. The van der Waals surface area contributed by atoms with E-state index in [4.69, 9.17) is 16.6 Å². The quantitative estimate of drug-likeness (QED) is 0.518. The third kappa shape index (κ3) is 2.27. The van der Waals surface area contributed by atoms with Crippen LogP contribution in [0.2, 0.25) is 0 Å². The molecule has 0 saturated carbocycles. The maximum Gasteiger partial charge on any atom is 0.238 e. The molecule has 7 nitrogen and oxygen atoms in total. The maximum absolute atomic E-state index is 11.7. The number of nitrogens with zero attached hydrogens (tertiary/aromatic N) is 3. The first-order chi connectivity index (χ1) is 11.7. The zero-order valence-corrected chi connectivity index (χ0v) is 13.6. The summed E-state index contributed by atoms with van der Waals surface area (Å²) in [6, 6.07) is 5.81. The van der Waals surface area contributed by atoms with Crippen molar-refractivity contribution in [3.63, 3.8) is 0 Å². The van der Waals surface area contributed by atoms with Crippen molar-refractivity contribution in [1.29, 1.82) is 0 Å². The van der Waals surface area contributed by atoms with E-state index in [1.54, 1.807) is 18.0 Å². The molecule has 1 aliphatic heterocycles. The molecule has 8 heteroatoms. The molecule has 0 bridgehead atoms. The lowest BCUT2D eigenvalue weighted by Gasteiger charge is -2.18. The normalized spacial score (nSPS) is 12.2. The Morgan fingerprint density at radius 1 is 1.29 bits per heavy atom. The van der Waals surface area contributed by atoms with Crippen LogP contribution in [0.5, 0.6) is 0 Å². The molecule has 122 valence electrons. The second-order valence-corrected chi connectivity index (χ2v) is 6.48. The fourth-order valence-corrected chi connectivity index (χ4v) is 4.04. The van der Waals surface area contributed by atoms with Crippen molar-refractivity contribution in [3.05, 3.63) is 30.6 Å². The molecule has 5 N–H and O–H groups in total. The molecule has 1 aromatic carbocycles. The first kappa shape index (κ1) is 15.1. The van der Waals surface area contributed by atoms with Gasteiger partial charge in [-0.3, -0.25) is 14.5 Å². The number of hydrogen-bond acceptors (Lipinski definition) is 6. The maximum atomic E-state index is 11.7. The van der Waals surface area contributed by atoms with E-state index in [1.165, 1.54) is 0 Å². The molecule has 0 saturated heterocycles. The predicted molar refractivity (Wildman–Crippen MR) is 93.8 cm³/mol. The Bertz CT molecular complexity index is 951. The summed E-state index contributed by atoms with van der Waals surface area (Å²) in [7, 11) is 0. The Morgan fingerprint density at radius 3 is 2.96 bits per heavy atom. The minimum atomic E-state index is -0.223. The molecular formula is C16H16N6OS. The first-order valence-electron chi connectivity index (χ1n) is 7.58. The number of nitrogens with one attached hydrogen (secondary N) is 1. The van der Waals surface area contributed by atoms with Crippen molar-refractivity contribution < 1.29 is 4.79 Å². The van der Waals surface area contributed by atoms with Crippen molar-refractivity contribution in [2.75, 3.05) is 18.4 Å². The molecule has 0 radical (unpaired) electrons. The molecular weight excluding hydrogens is 324 g/mol. The molecule has 0 atom stereocenters. The number of rotatable bonds is 4. The fourth-order valence-electron chi connectivity index (χ4n) is 2.89. The summed E-state index contributed by atoms with van der Waals surface area (Å²) in [5, 5.41) is 8.65. The second-order valence-electron chi connectivity index (χ2n) is 5.42. The molecule has 0 fully saturated rings. The molecule has 0 aliphatic carbocycles. The number of amides is 1. The molecule has 3 aromatic rings. The number of fused-ring (bicyclic) bond motifs is 2. The molecule has 1 amide bonds. The van der Waals surface area contributed by atoms with E-state index >= 15 is 0 Å². The van der Waals surface area contributed by atoms with Gasteiger partial charge >= 0.3 is 0 Å². The highest BCUT2D eigenvalue weighted by Gasteiger charge is 2.26. The summed E-state index contributed by atoms with van der Waals surface area (Å²) in [5.74, 6) is -0.223. The van der Waals surface area contributed by atoms with Crippen LogP contribution in [-0.2, 0) is 11.3 Å². The topological polar surface area (TPSA) is 112 Å². The Kier molecular flexibility index (Phi) is 3.72. The highest BCUT2D eigenvalue weighted by molar-refractivity contribution is 8.00. The molecule has 24 heavy (non-hydrogen) atoms. The van der Waals surface area contributed by atoms with E-state index in [-0.39, 0.29) is 12.5 Å². The van der Waals surface area contributed by atoms with Crippen LogP contribution in [0.3, 0.4) is 0 Å². The number of carbonyl (C=O) groups is 1. The monoisotopic (exact) mass is 340 g/mol. The number of benzene rings is 1. The second kappa shape index (κ2) is 5.90. The van der Waals surface area contributed by atoms with E-state index in [9.17, 15) is 4.79 Å². The Hall–Kier alpha value is -2.42. The van der Waals surface area contributed by atoms with Crippen LogP contribution in [0.4, 0.5) is 5.69 Å². The molecule has 0 spiro atoms. The van der Waals surface area contributed by atoms with Gasteiger partial charge in [-0.25, -0.2) is 0 Å². The standard InChI is InChI=1S/C16H16N6OS/c17-4-6-22-11-2-1-10(20-13(23)7-18)16-14(11)15(21-22)9-3-5-19-8-12(9)24-16/h1-3,5,8H,4,6-7,17-18H2,(H,20,23). The van der Waals surface area contributed by atoms with E-state index < -0.39 is 0 Å². The zero-order chi connectivity index (χ0) is 16.7. The van der Waals surface area contributed by atoms with Crippen molar-refractivity contribution in [3.8, 4) is 11.3 Å². The highest BCUT2D eigenvalue weighted by atomic mass is 32.2. The molecule has 4 rings (SSSR count). The smallest absolute Gasteiger partial charge is 0.238 e. The van der Waals surface area contributed by atoms with Gasteiger partial charge in [0, 0.05) is 39.7 Å². The lowest BCUT2D eigenvalue weighted by atomic mass is 10.1. The highest BCUT2D eigenvalue weighted by Crippen LogP contribution is 2.49. The third-order valence-corrected chi connectivity index (χ3v) is 5.10. The molecule has 3 heterocycles. The fraction of sp³-hybridized carbons (Fsp3) is 0.188. The van der Waals surface area contributed by atoms with Gasteiger partial charge < -0.3 is 16.8 Å². The summed E-state index contributed by atoms with van der Waals surface area (Å²) in [4.78, 5) is 17.9. The summed E-state index contributed by atoms with van der Waals surface area (Å²) >= 11 is 1.58. The summed E-state index contributed by atoms with van der Waals surface area (Å²) < 4.78 is 1.92. The van der Waals surface area contributed by atoms with Crippen molar-refractivity contribution >= 4 is 34.3 Å². The van der Waals surface area contributed by atoms with Crippen LogP contribution < -0.4 is 16.8 Å². The number of anilines is 1. The number of carbonyl (C=O) groups excluding carboxylic acids is 1. The Morgan fingerprint density at radius 2 is 2.17 bits per heavy atom. The SMILES string of the molecule is NCCn1nc2c3c(c(NC(=O)CN)ccc31)Sc1cnccc1-2. The lowest BCUT2D eigenvalue weighted by molar-refractivity contribution is -0.114. The van der Waals surface area contributed by atoms with Crippen molar-refractivity contribution in [2.24, 2.45) is 11.5 Å². The Labute approximate surface area is 142 Å². The average Bonchev–Trinajstić information content (AvgIpc) is 2.97.